The summed E-state index contributed by atoms with van der Waals surface area (Å²) >= 11 is 3.45. The van der Waals surface area contributed by atoms with E-state index in [1.807, 2.05) is 9.80 Å². The molecular weight excluding hydrogens is 845 g/mol. The Morgan fingerprint density at radius 3 is 1.03 bits per heavy atom. The number of aryl methyl sites for hydroxylation is 2. The van der Waals surface area contributed by atoms with Gasteiger partial charge in [0.05, 0.1) is 32.3 Å². The minimum absolute atomic E-state index is 0.00495. The Bertz CT molecular complexity index is 2030. The van der Waals surface area contributed by atoms with Gasteiger partial charge in [-0.3, -0.25) is 9.59 Å². The molecule has 0 fully saturated rings. The maximum Gasteiger partial charge on any atom is 0.261 e. The maximum atomic E-state index is 15.4. The van der Waals surface area contributed by atoms with E-state index in [1.165, 1.54) is 96.2 Å². The Hall–Kier alpha value is -3.74. The average Bonchev–Trinajstić information content (AvgIpc) is 4.15. The fourth-order valence-electron chi connectivity index (χ4n) is 10.4. The number of rotatable bonds is 30. The number of carbonyl (C=O) groups is 2. The summed E-state index contributed by atoms with van der Waals surface area (Å²) < 4.78 is 0. The van der Waals surface area contributed by atoms with Gasteiger partial charge in [-0.15, -0.1) is 22.7 Å². The highest BCUT2D eigenvalue weighted by molar-refractivity contribution is 7.17. The first-order valence-corrected chi connectivity index (χ1v) is 28.4. The first kappa shape index (κ1) is 51.6. The van der Waals surface area contributed by atoms with Crippen LogP contribution in [0.5, 0.6) is 0 Å². The molecule has 0 bridgehead atoms. The molecule has 2 aliphatic rings. The summed E-state index contributed by atoms with van der Waals surface area (Å²) in [6.07, 6.45) is 23.7. The molecule has 0 saturated heterocycles. The van der Waals surface area contributed by atoms with Crippen molar-refractivity contribution in [2.45, 2.75) is 184 Å². The van der Waals surface area contributed by atoms with Crippen molar-refractivity contribution in [2.75, 3.05) is 13.1 Å². The average molecular weight is 929 g/mol. The van der Waals surface area contributed by atoms with Gasteiger partial charge in [0, 0.05) is 22.8 Å². The molecule has 6 rings (SSSR count). The van der Waals surface area contributed by atoms with Crippen molar-refractivity contribution >= 4 is 45.9 Å². The fraction of sp³-hybridized carbons (Fsp3) is 0.567. The van der Waals surface area contributed by atoms with E-state index >= 15 is 9.59 Å². The van der Waals surface area contributed by atoms with Gasteiger partial charge in [0.25, 0.3) is 11.8 Å². The minimum Gasteiger partial charge on any atom is -0.306 e. The summed E-state index contributed by atoms with van der Waals surface area (Å²) in [4.78, 5) is 39.1. The molecule has 66 heavy (non-hydrogen) atoms. The standard InChI is InChI=1S/C60H84N2O2S2/c1-9-17-21-43(13-5)25-27-47-29-33-49(34-30-47)51-37-39-53(65-51)57-55-56(60(64)61(57)41-45(15-7)23-19-11-3)58(62(59(55)63)42-46(16-8)24-20-12-4)54-40-38-52(66-54)50-35-31-48(32-36-50)28-26-44(14-6)22-18-10-2/h29-40,43-46H,9-28,41-42H2,1-8H3. The fourth-order valence-corrected chi connectivity index (χ4v) is 12.5. The molecule has 2 aromatic carbocycles. The number of fused-ring (bicyclic) bond motifs is 1. The minimum atomic E-state index is -0.00495. The molecule has 2 amide bonds. The van der Waals surface area contributed by atoms with Gasteiger partial charge in [0.1, 0.15) is 0 Å². The number of nitrogens with zero attached hydrogens (tertiary/aromatic N) is 2. The number of carbonyl (C=O) groups excluding carboxylic acids is 2. The largest absolute Gasteiger partial charge is 0.306 e. The number of unbranched alkanes of at least 4 members (excludes halogenated alkanes) is 4. The van der Waals surface area contributed by atoms with Crippen LogP contribution < -0.4 is 0 Å². The molecule has 0 aliphatic carbocycles. The topological polar surface area (TPSA) is 40.6 Å². The number of hydrogen-bond donors (Lipinski definition) is 0. The highest BCUT2D eigenvalue weighted by Crippen LogP contribution is 2.50. The van der Waals surface area contributed by atoms with E-state index in [2.05, 4.69) is 128 Å². The molecule has 0 radical (unpaired) electrons. The summed E-state index contributed by atoms with van der Waals surface area (Å²) in [6, 6.07) is 27.1. The normalized spacial score (nSPS) is 15.9. The Kier molecular flexibility index (Phi) is 20.5. The highest BCUT2D eigenvalue weighted by atomic mass is 32.1. The third kappa shape index (κ3) is 12.9. The van der Waals surface area contributed by atoms with E-state index in [0.717, 1.165) is 97.2 Å². The van der Waals surface area contributed by atoms with E-state index in [-0.39, 0.29) is 11.8 Å². The van der Waals surface area contributed by atoms with Gasteiger partial charge in [-0.25, -0.2) is 0 Å². The molecule has 2 aliphatic heterocycles. The van der Waals surface area contributed by atoms with Crippen molar-refractivity contribution in [3.63, 3.8) is 0 Å². The molecule has 4 heterocycles. The lowest BCUT2D eigenvalue weighted by molar-refractivity contribution is -0.124. The molecule has 4 unspecified atom stereocenters. The number of thiophene rings is 2. The third-order valence-corrected chi connectivity index (χ3v) is 17.4. The molecule has 0 saturated carbocycles. The van der Waals surface area contributed by atoms with Gasteiger partial charge in [-0.2, -0.15) is 0 Å². The first-order valence-electron chi connectivity index (χ1n) is 26.7. The Morgan fingerprint density at radius 1 is 0.394 bits per heavy atom. The van der Waals surface area contributed by atoms with Gasteiger partial charge in [0.2, 0.25) is 0 Å². The van der Waals surface area contributed by atoms with Crippen LogP contribution in [0, 0.1) is 23.7 Å². The van der Waals surface area contributed by atoms with E-state index in [0.29, 0.717) is 36.1 Å². The van der Waals surface area contributed by atoms with Crippen LogP contribution in [-0.2, 0) is 22.4 Å². The molecule has 0 N–H and O–H groups in total. The van der Waals surface area contributed by atoms with Crippen LogP contribution >= 0.6 is 22.7 Å². The smallest absolute Gasteiger partial charge is 0.261 e. The molecular formula is C60H84N2O2S2. The predicted molar refractivity (Wildman–Crippen MR) is 287 cm³/mol. The molecule has 6 heteroatoms. The lowest BCUT2D eigenvalue weighted by Crippen LogP contribution is -2.34. The number of benzene rings is 2. The molecule has 2 aromatic heterocycles. The van der Waals surface area contributed by atoms with Crippen LogP contribution in [-0.4, -0.2) is 34.7 Å². The third-order valence-electron chi connectivity index (χ3n) is 15.1. The van der Waals surface area contributed by atoms with E-state index < -0.39 is 0 Å². The van der Waals surface area contributed by atoms with E-state index in [1.54, 1.807) is 22.7 Å². The van der Waals surface area contributed by atoms with Gasteiger partial charge in [-0.1, -0.05) is 194 Å². The summed E-state index contributed by atoms with van der Waals surface area (Å²) in [5, 5.41) is 0. The van der Waals surface area contributed by atoms with Gasteiger partial charge in [0.15, 0.2) is 0 Å². The van der Waals surface area contributed by atoms with E-state index in [4.69, 9.17) is 0 Å². The van der Waals surface area contributed by atoms with Crippen LogP contribution in [0.15, 0.2) is 83.9 Å². The molecule has 358 valence electrons. The quantitative estimate of drug-likeness (QED) is 0.0523. The van der Waals surface area contributed by atoms with Crippen LogP contribution in [0.2, 0.25) is 0 Å². The number of amides is 2. The zero-order chi connectivity index (χ0) is 47.0. The molecule has 4 atom stereocenters. The van der Waals surface area contributed by atoms with Gasteiger partial charge < -0.3 is 9.80 Å². The second-order valence-corrected chi connectivity index (χ2v) is 21.9. The molecule has 4 nitrogen and oxygen atoms in total. The predicted octanol–water partition coefficient (Wildman–Crippen LogP) is 17.7. The number of hydrogen-bond acceptors (Lipinski definition) is 4. The van der Waals surface area contributed by atoms with Gasteiger partial charge >= 0.3 is 0 Å². The zero-order valence-electron chi connectivity index (χ0n) is 42.3. The van der Waals surface area contributed by atoms with Crippen LogP contribution in [0.25, 0.3) is 32.3 Å². The Balaban J connectivity index is 1.38. The van der Waals surface area contributed by atoms with Crippen molar-refractivity contribution in [3.05, 3.63) is 105 Å². The monoisotopic (exact) mass is 929 g/mol. The van der Waals surface area contributed by atoms with Crippen molar-refractivity contribution in [3.8, 4) is 20.9 Å². The Labute approximate surface area is 409 Å². The second-order valence-electron chi connectivity index (χ2n) is 19.7. The zero-order valence-corrected chi connectivity index (χ0v) is 44.0. The molecule has 4 aromatic rings. The van der Waals surface area contributed by atoms with Crippen molar-refractivity contribution in [1.82, 2.24) is 9.80 Å². The van der Waals surface area contributed by atoms with E-state index in [9.17, 15) is 0 Å². The van der Waals surface area contributed by atoms with Crippen LogP contribution in [0.4, 0.5) is 0 Å². The first-order chi connectivity index (χ1) is 32.2. The van der Waals surface area contributed by atoms with Gasteiger partial charge in [-0.05, 0) is 109 Å². The lowest BCUT2D eigenvalue weighted by atomic mass is 9.92. The second kappa shape index (κ2) is 26.1. The highest BCUT2D eigenvalue weighted by Gasteiger charge is 2.50. The molecule has 0 spiro atoms. The summed E-state index contributed by atoms with van der Waals surface area (Å²) in [7, 11) is 0. The Morgan fingerprint density at radius 2 is 0.712 bits per heavy atom. The van der Waals surface area contributed by atoms with Crippen molar-refractivity contribution in [2.24, 2.45) is 23.7 Å². The van der Waals surface area contributed by atoms with Crippen LogP contribution in [0.1, 0.15) is 192 Å². The maximum absolute atomic E-state index is 15.4. The summed E-state index contributed by atoms with van der Waals surface area (Å²) in [5.74, 6) is 2.30. The lowest BCUT2D eigenvalue weighted by Gasteiger charge is -2.29. The van der Waals surface area contributed by atoms with Crippen molar-refractivity contribution < 1.29 is 9.59 Å². The van der Waals surface area contributed by atoms with Crippen LogP contribution in [0.3, 0.4) is 0 Å². The SMILES string of the molecule is CCCCC(CC)CCc1ccc(-c2ccc(C3=C4C(=O)N(CC(CC)CCCC)C(c5ccc(-c6ccc(CCC(CC)CCCC)cc6)s5)=C4C(=O)N3CC(CC)CCCC)s2)cc1. The summed E-state index contributed by atoms with van der Waals surface area (Å²) in [6.45, 7) is 19.5. The van der Waals surface area contributed by atoms with Crippen molar-refractivity contribution in [1.29, 1.82) is 0 Å². The summed E-state index contributed by atoms with van der Waals surface area (Å²) in [5.41, 5.74) is 8.07.